The van der Waals surface area contributed by atoms with Gasteiger partial charge in [0.15, 0.2) is 0 Å². The molecule has 1 aliphatic rings. The van der Waals surface area contributed by atoms with Crippen LogP contribution in [0.4, 0.5) is 26.3 Å². The smallest absolute Gasteiger partial charge is 0.416 e. The Kier molecular flexibility index (Phi) is 6.80. The number of nitrogens with zero attached hydrogens (tertiary/aromatic N) is 2. The van der Waals surface area contributed by atoms with E-state index in [-0.39, 0.29) is 37.6 Å². The van der Waals surface area contributed by atoms with Crippen molar-refractivity contribution in [3.63, 3.8) is 0 Å². The number of aromatic nitrogens is 2. The van der Waals surface area contributed by atoms with E-state index in [1.807, 2.05) is 0 Å². The van der Waals surface area contributed by atoms with Crippen LogP contribution in [0.5, 0.6) is 0 Å². The summed E-state index contributed by atoms with van der Waals surface area (Å²) in [5.74, 6) is -0.475. The lowest BCUT2D eigenvalue weighted by atomic mass is 9.94. The number of hydrogen-bond acceptors (Lipinski definition) is 5. The van der Waals surface area contributed by atoms with Crippen LogP contribution in [0.3, 0.4) is 0 Å². The number of alkyl halides is 6. The first-order valence-corrected chi connectivity index (χ1v) is 11.1. The molecule has 1 aliphatic carbocycles. The van der Waals surface area contributed by atoms with Gasteiger partial charge in [0, 0.05) is 11.3 Å². The molecule has 0 bridgehead atoms. The fourth-order valence-corrected chi connectivity index (χ4v) is 4.89. The summed E-state index contributed by atoms with van der Waals surface area (Å²) in [4.78, 5) is 10.2. The molecule has 0 aliphatic heterocycles. The summed E-state index contributed by atoms with van der Waals surface area (Å²) in [6.07, 6.45) is -7.70. The van der Waals surface area contributed by atoms with Gasteiger partial charge in [-0.2, -0.15) is 31.4 Å². The summed E-state index contributed by atoms with van der Waals surface area (Å²) < 4.78 is 113. The number of sulfonamides is 1. The van der Waals surface area contributed by atoms with E-state index in [0.717, 1.165) is 0 Å². The number of nitrogens with one attached hydrogen (secondary N) is 1. The second-order valence-corrected chi connectivity index (χ2v) is 9.12. The van der Waals surface area contributed by atoms with Gasteiger partial charge < -0.3 is 4.74 Å². The van der Waals surface area contributed by atoms with Crippen molar-refractivity contribution in [3.05, 3.63) is 46.8 Å². The third kappa shape index (κ3) is 5.66. The van der Waals surface area contributed by atoms with Gasteiger partial charge >= 0.3 is 18.3 Å². The van der Waals surface area contributed by atoms with Gasteiger partial charge in [0.2, 0.25) is 10.0 Å². The van der Waals surface area contributed by atoms with E-state index in [9.17, 15) is 39.6 Å². The van der Waals surface area contributed by atoms with Crippen molar-refractivity contribution in [2.24, 2.45) is 0 Å². The van der Waals surface area contributed by atoms with E-state index in [1.54, 1.807) is 0 Å². The van der Waals surface area contributed by atoms with Crippen LogP contribution in [-0.2, 0) is 44.9 Å². The number of fused-ring (bicyclic) bond motifs is 1. The molecule has 0 radical (unpaired) electrons. The Labute approximate surface area is 184 Å². The molecule has 1 aromatic heterocycles. The molecule has 1 atom stereocenters. The molecule has 33 heavy (non-hydrogen) atoms. The normalized spacial score (nSPS) is 17.0. The van der Waals surface area contributed by atoms with Crippen LogP contribution in [0, 0.1) is 0 Å². The number of aryl methyl sites for hydroxylation is 1. The van der Waals surface area contributed by atoms with E-state index in [4.69, 9.17) is 0 Å². The van der Waals surface area contributed by atoms with Crippen molar-refractivity contribution in [1.29, 1.82) is 0 Å². The molecular weight excluding hydrogens is 480 g/mol. The van der Waals surface area contributed by atoms with Crippen molar-refractivity contribution in [1.82, 2.24) is 14.5 Å². The molecule has 182 valence electrons. The summed E-state index contributed by atoms with van der Waals surface area (Å²) in [6.45, 7) is 0.171. The highest BCUT2D eigenvalue weighted by atomic mass is 32.2. The van der Waals surface area contributed by atoms with Gasteiger partial charge in [0.25, 0.3) is 0 Å². The van der Waals surface area contributed by atoms with Crippen molar-refractivity contribution >= 4 is 16.0 Å². The Balaban J connectivity index is 1.92. The number of halogens is 6. The van der Waals surface area contributed by atoms with Crippen molar-refractivity contribution < 1.29 is 44.3 Å². The molecule has 1 aromatic carbocycles. The van der Waals surface area contributed by atoms with Crippen LogP contribution < -0.4 is 4.72 Å². The van der Waals surface area contributed by atoms with Gasteiger partial charge in [-0.15, -0.1) is 0 Å². The highest BCUT2D eigenvalue weighted by Gasteiger charge is 2.39. The van der Waals surface area contributed by atoms with Crippen LogP contribution in [-0.4, -0.2) is 31.3 Å². The Morgan fingerprint density at radius 1 is 1.15 bits per heavy atom. The van der Waals surface area contributed by atoms with Gasteiger partial charge in [0.1, 0.15) is 0 Å². The topological polar surface area (TPSA) is 90.3 Å². The van der Waals surface area contributed by atoms with Crippen LogP contribution in [0.15, 0.2) is 29.3 Å². The lowest BCUT2D eigenvalue weighted by Crippen LogP contribution is -2.31. The van der Waals surface area contributed by atoms with E-state index < -0.39 is 50.4 Å². The van der Waals surface area contributed by atoms with Gasteiger partial charge in [-0.05, 0) is 37.5 Å². The van der Waals surface area contributed by atoms with E-state index in [0.29, 0.717) is 24.1 Å². The number of methoxy groups -OCH3 is 1. The molecule has 1 N–H and O–H groups in total. The second kappa shape index (κ2) is 8.97. The maximum Gasteiger partial charge on any atom is 0.416 e. The molecule has 14 heteroatoms. The van der Waals surface area contributed by atoms with Crippen molar-refractivity contribution in [2.75, 3.05) is 7.11 Å². The SMILES string of the molecule is COC(=O)CCn1ncc2c1CCCC2NS(=O)(=O)c1cc(C(F)(F)F)cc(C(F)(F)F)c1. The number of esters is 1. The first-order chi connectivity index (χ1) is 15.2. The molecule has 2 aromatic rings. The van der Waals surface area contributed by atoms with Gasteiger partial charge in [0.05, 0.1) is 48.3 Å². The third-order valence-corrected chi connectivity index (χ3v) is 6.64. The first kappa shape index (κ1) is 25.0. The maximum atomic E-state index is 13.1. The van der Waals surface area contributed by atoms with E-state index in [1.165, 1.54) is 18.0 Å². The van der Waals surface area contributed by atoms with Crippen LogP contribution in [0.2, 0.25) is 0 Å². The predicted octanol–water partition coefficient (Wildman–Crippen LogP) is 3.84. The molecule has 1 heterocycles. The number of hydrogen-bond donors (Lipinski definition) is 1. The lowest BCUT2D eigenvalue weighted by molar-refractivity contribution is -0.143. The lowest BCUT2D eigenvalue weighted by Gasteiger charge is -2.24. The minimum absolute atomic E-state index is 0.0193. The number of carbonyl (C=O) groups excluding carboxylic acids is 1. The monoisotopic (exact) mass is 499 g/mol. The Hall–Kier alpha value is -2.61. The first-order valence-electron chi connectivity index (χ1n) is 9.65. The molecule has 0 amide bonds. The molecule has 1 unspecified atom stereocenters. The minimum Gasteiger partial charge on any atom is -0.469 e. The molecule has 0 saturated carbocycles. The molecule has 0 spiro atoms. The summed E-state index contributed by atoms with van der Waals surface area (Å²) in [5, 5.41) is 4.13. The highest BCUT2D eigenvalue weighted by molar-refractivity contribution is 7.89. The highest BCUT2D eigenvalue weighted by Crippen LogP contribution is 2.38. The predicted molar refractivity (Wildman–Crippen MR) is 101 cm³/mol. The number of carbonyl (C=O) groups is 1. The number of benzene rings is 1. The molecule has 3 rings (SSSR count). The zero-order chi connectivity index (χ0) is 24.6. The Morgan fingerprint density at radius 3 is 2.30 bits per heavy atom. The molecule has 0 fully saturated rings. The summed E-state index contributed by atoms with van der Waals surface area (Å²) >= 11 is 0. The average Bonchev–Trinajstić information content (AvgIpc) is 3.14. The van der Waals surface area contributed by atoms with Crippen LogP contribution >= 0.6 is 0 Å². The second-order valence-electron chi connectivity index (χ2n) is 7.40. The van der Waals surface area contributed by atoms with Crippen molar-refractivity contribution in [3.8, 4) is 0 Å². The molecular formula is C19H19F6N3O4S. The van der Waals surface area contributed by atoms with Gasteiger partial charge in [-0.1, -0.05) is 0 Å². The van der Waals surface area contributed by atoms with E-state index in [2.05, 4.69) is 14.6 Å². The summed E-state index contributed by atoms with van der Waals surface area (Å²) in [6, 6.07) is -0.708. The fraction of sp³-hybridized carbons (Fsp3) is 0.474. The largest absolute Gasteiger partial charge is 0.469 e. The minimum atomic E-state index is -5.18. The average molecular weight is 499 g/mol. The maximum absolute atomic E-state index is 13.1. The van der Waals surface area contributed by atoms with Crippen LogP contribution in [0.1, 0.15) is 47.7 Å². The van der Waals surface area contributed by atoms with Gasteiger partial charge in [-0.3, -0.25) is 9.48 Å². The summed E-state index contributed by atoms with van der Waals surface area (Å²) in [7, 11) is -3.52. The Bertz CT molecular complexity index is 1110. The molecule has 7 nitrogen and oxygen atoms in total. The number of rotatable bonds is 6. The van der Waals surface area contributed by atoms with Gasteiger partial charge in [-0.25, -0.2) is 13.1 Å². The quantitative estimate of drug-likeness (QED) is 0.482. The third-order valence-electron chi connectivity index (χ3n) is 5.19. The van der Waals surface area contributed by atoms with Crippen LogP contribution in [0.25, 0.3) is 0 Å². The molecule has 0 saturated heterocycles. The number of ether oxygens (including phenoxy) is 1. The zero-order valence-corrected chi connectivity index (χ0v) is 17.9. The standard InChI is InChI=1S/C19H19F6N3O4S/c1-32-17(29)5-6-28-16-4-2-3-15(14(16)10-26-28)27-33(30,31)13-8-11(18(20,21)22)7-12(9-13)19(23,24)25/h7-10,15,27H,2-6H2,1H3. The summed E-state index contributed by atoms with van der Waals surface area (Å²) in [5.41, 5.74) is -2.38. The zero-order valence-electron chi connectivity index (χ0n) is 17.1. The Morgan fingerprint density at radius 2 is 1.76 bits per heavy atom. The van der Waals surface area contributed by atoms with E-state index >= 15 is 0 Å². The fourth-order valence-electron chi connectivity index (χ4n) is 3.57. The van der Waals surface area contributed by atoms with Crippen molar-refractivity contribution in [2.45, 2.75) is 55.5 Å².